The Morgan fingerprint density at radius 2 is 2.20 bits per heavy atom. The Hall–Kier alpha value is -1.18. The molecule has 1 saturated heterocycles. The predicted molar refractivity (Wildman–Crippen MR) is 72.5 cm³/mol. The minimum atomic E-state index is -0.831. The van der Waals surface area contributed by atoms with Gasteiger partial charge in [-0.2, -0.15) is 0 Å². The lowest BCUT2D eigenvalue weighted by atomic mass is 9.97. The SMILES string of the molecule is COCCCNC(=O)C(C)OC1CNCC(C(=O)O)C1. The summed E-state index contributed by atoms with van der Waals surface area (Å²) in [6.07, 6.45) is 0.353. The number of amides is 1. The summed E-state index contributed by atoms with van der Waals surface area (Å²) in [6.45, 7) is 3.84. The predicted octanol–water partition coefficient (Wildman–Crippen LogP) is -0.393. The van der Waals surface area contributed by atoms with Crippen molar-refractivity contribution in [2.24, 2.45) is 5.92 Å². The minimum absolute atomic E-state index is 0.182. The fraction of sp³-hybridized carbons (Fsp3) is 0.846. The summed E-state index contributed by atoms with van der Waals surface area (Å²) in [5.41, 5.74) is 0. The molecule has 0 bridgehead atoms. The zero-order valence-corrected chi connectivity index (χ0v) is 12.1. The van der Waals surface area contributed by atoms with Gasteiger partial charge in [0.25, 0.3) is 0 Å². The fourth-order valence-corrected chi connectivity index (χ4v) is 2.12. The molecule has 3 atom stereocenters. The lowest BCUT2D eigenvalue weighted by Crippen LogP contribution is -2.46. The molecular weight excluding hydrogens is 264 g/mol. The average molecular weight is 288 g/mol. The van der Waals surface area contributed by atoms with Gasteiger partial charge in [-0.1, -0.05) is 0 Å². The number of nitrogens with one attached hydrogen (secondary N) is 2. The van der Waals surface area contributed by atoms with Gasteiger partial charge >= 0.3 is 5.97 Å². The lowest BCUT2D eigenvalue weighted by molar-refractivity contribution is -0.146. The third-order valence-corrected chi connectivity index (χ3v) is 3.25. The Kier molecular flexibility index (Phi) is 7.50. The van der Waals surface area contributed by atoms with E-state index in [1.165, 1.54) is 0 Å². The highest BCUT2D eigenvalue weighted by Crippen LogP contribution is 2.15. The van der Waals surface area contributed by atoms with E-state index < -0.39 is 18.0 Å². The van der Waals surface area contributed by atoms with Gasteiger partial charge in [0, 0.05) is 33.4 Å². The number of hydrogen-bond donors (Lipinski definition) is 3. The highest BCUT2D eigenvalue weighted by Gasteiger charge is 2.29. The highest BCUT2D eigenvalue weighted by atomic mass is 16.5. The monoisotopic (exact) mass is 288 g/mol. The molecule has 0 spiro atoms. The maximum atomic E-state index is 11.8. The first-order valence-corrected chi connectivity index (χ1v) is 6.90. The molecule has 3 unspecified atom stereocenters. The molecule has 1 amide bonds. The van der Waals surface area contributed by atoms with Crippen LogP contribution in [0.25, 0.3) is 0 Å². The van der Waals surface area contributed by atoms with Crippen LogP contribution in [0.4, 0.5) is 0 Å². The van der Waals surface area contributed by atoms with Gasteiger partial charge in [-0.3, -0.25) is 9.59 Å². The molecule has 0 aromatic heterocycles. The summed E-state index contributed by atoms with van der Waals surface area (Å²) in [5, 5.41) is 14.8. The van der Waals surface area contributed by atoms with E-state index in [1.807, 2.05) is 0 Å². The van der Waals surface area contributed by atoms with Crippen LogP contribution in [-0.2, 0) is 19.1 Å². The number of carboxylic acids is 1. The topological polar surface area (TPSA) is 96.9 Å². The number of ether oxygens (including phenoxy) is 2. The third kappa shape index (κ3) is 5.85. The molecule has 1 aliphatic heterocycles. The van der Waals surface area contributed by atoms with Crippen molar-refractivity contribution in [1.29, 1.82) is 0 Å². The molecule has 0 radical (unpaired) electrons. The second-order valence-electron chi connectivity index (χ2n) is 4.97. The second-order valence-corrected chi connectivity index (χ2v) is 4.97. The summed E-state index contributed by atoms with van der Waals surface area (Å²) < 4.78 is 10.5. The maximum Gasteiger partial charge on any atom is 0.307 e. The first-order valence-electron chi connectivity index (χ1n) is 6.90. The summed E-state index contributed by atoms with van der Waals surface area (Å²) >= 11 is 0. The zero-order valence-electron chi connectivity index (χ0n) is 12.1. The molecule has 0 saturated carbocycles. The number of carboxylic acid groups (broad SMARTS) is 1. The van der Waals surface area contributed by atoms with Gasteiger partial charge in [-0.25, -0.2) is 0 Å². The van der Waals surface area contributed by atoms with Gasteiger partial charge in [0.1, 0.15) is 6.10 Å². The Labute approximate surface area is 119 Å². The normalized spacial score (nSPS) is 24.1. The quantitative estimate of drug-likeness (QED) is 0.526. The Morgan fingerprint density at radius 1 is 1.45 bits per heavy atom. The van der Waals surface area contributed by atoms with Gasteiger partial charge in [0.2, 0.25) is 5.91 Å². The van der Waals surface area contributed by atoms with E-state index in [2.05, 4.69) is 10.6 Å². The van der Waals surface area contributed by atoms with E-state index >= 15 is 0 Å². The number of carbonyl (C=O) groups is 2. The average Bonchev–Trinajstić information content (AvgIpc) is 2.43. The zero-order chi connectivity index (χ0) is 15.0. The summed E-state index contributed by atoms with van der Waals surface area (Å²) in [7, 11) is 1.61. The Bertz CT molecular complexity index is 324. The van der Waals surface area contributed by atoms with Crippen LogP contribution in [0.5, 0.6) is 0 Å². The molecule has 1 heterocycles. The first kappa shape index (κ1) is 16.9. The van der Waals surface area contributed by atoms with Crippen LogP contribution in [0, 0.1) is 5.92 Å². The largest absolute Gasteiger partial charge is 0.481 e. The van der Waals surface area contributed by atoms with E-state index in [9.17, 15) is 9.59 Å². The molecule has 3 N–H and O–H groups in total. The number of aliphatic carboxylic acids is 1. The Morgan fingerprint density at radius 3 is 2.85 bits per heavy atom. The van der Waals surface area contributed by atoms with Crippen LogP contribution >= 0.6 is 0 Å². The van der Waals surface area contributed by atoms with Crippen molar-refractivity contribution in [2.75, 3.05) is 33.4 Å². The molecule has 116 valence electrons. The van der Waals surface area contributed by atoms with Crippen molar-refractivity contribution in [2.45, 2.75) is 32.0 Å². The molecule has 0 aliphatic carbocycles. The maximum absolute atomic E-state index is 11.8. The van der Waals surface area contributed by atoms with E-state index in [1.54, 1.807) is 14.0 Å². The molecular formula is C13H24N2O5. The van der Waals surface area contributed by atoms with Gasteiger partial charge in [0.05, 0.1) is 12.0 Å². The molecule has 7 heteroatoms. The second kappa shape index (κ2) is 8.89. The van der Waals surface area contributed by atoms with Crippen molar-refractivity contribution in [3.05, 3.63) is 0 Å². The fourth-order valence-electron chi connectivity index (χ4n) is 2.12. The standard InChI is InChI=1S/C13H24N2O5/c1-9(12(16)15-4-3-5-19-2)20-11-6-10(13(17)18)7-14-8-11/h9-11,14H,3-8H2,1-2H3,(H,15,16)(H,17,18). The number of carbonyl (C=O) groups excluding carboxylic acids is 1. The summed E-state index contributed by atoms with van der Waals surface area (Å²) in [6, 6.07) is 0. The minimum Gasteiger partial charge on any atom is -0.481 e. The van der Waals surface area contributed by atoms with Gasteiger partial charge in [-0.05, 0) is 19.8 Å². The van der Waals surface area contributed by atoms with Crippen LogP contribution in [0.2, 0.25) is 0 Å². The van der Waals surface area contributed by atoms with Crippen LogP contribution in [0.1, 0.15) is 19.8 Å². The van der Waals surface area contributed by atoms with E-state index in [-0.39, 0.29) is 12.0 Å². The third-order valence-electron chi connectivity index (χ3n) is 3.25. The van der Waals surface area contributed by atoms with Crippen molar-refractivity contribution in [3.63, 3.8) is 0 Å². The van der Waals surface area contributed by atoms with Gasteiger partial charge in [-0.15, -0.1) is 0 Å². The lowest BCUT2D eigenvalue weighted by Gasteiger charge is -2.29. The van der Waals surface area contributed by atoms with Crippen molar-refractivity contribution < 1.29 is 24.2 Å². The molecule has 20 heavy (non-hydrogen) atoms. The number of rotatable bonds is 8. The number of methoxy groups -OCH3 is 1. The first-order chi connectivity index (χ1) is 9.54. The van der Waals surface area contributed by atoms with Crippen LogP contribution < -0.4 is 10.6 Å². The summed E-state index contributed by atoms with van der Waals surface area (Å²) in [5.74, 6) is -1.47. The molecule has 0 aromatic carbocycles. The highest BCUT2D eigenvalue weighted by molar-refractivity contribution is 5.80. The van der Waals surface area contributed by atoms with E-state index in [0.29, 0.717) is 32.7 Å². The van der Waals surface area contributed by atoms with Crippen LogP contribution in [0.3, 0.4) is 0 Å². The Balaban J connectivity index is 2.28. The van der Waals surface area contributed by atoms with Crippen LogP contribution in [0.15, 0.2) is 0 Å². The molecule has 1 rings (SSSR count). The van der Waals surface area contributed by atoms with Crippen molar-refractivity contribution in [3.8, 4) is 0 Å². The summed E-state index contributed by atoms with van der Waals surface area (Å²) in [4.78, 5) is 22.7. The van der Waals surface area contributed by atoms with Crippen molar-refractivity contribution >= 4 is 11.9 Å². The van der Waals surface area contributed by atoms with E-state index in [0.717, 1.165) is 6.42 Å². The number of piperidine rings is 1. The molecule has 1 fully saturated rings. The number of hydrogen-bond acceptors (Lipinski definition) is 5. The molecule has 1 aliphatic rings. The smallest absolute Gasteiger partial charge is 0.307 e. The van der Waals surface area contributed by atoms with Crippen molar-refractivity contribution in [1.82, 2.24) is 10.6 Å². The van der Waals surface area contributed by atoms with E-state index in [4.69, 9.17) is 14.6 Å². The van der Waals surface area contributed by atoms with Crippen LogP contribution in [-0.4, -0.2) is 62.5 Å². The molecule has 0 aromatic rings. The van der Waals surface area contributed by atoms with Gasteiger partial charge < -0.3 is 25.2 Å². The molecule has 7 nitrogen and oxygen atoms in total. The van der Waals surface area contributed by atoms with Gasteiger partial charge in [0.15, 0.2) is 0 Å².